The standard InChI is InChI=1S/C7H15BN.3FH.K.H/c1-8-7(9)5-3-2-4-6-7;;;;;/h2-6,9H2,1H3;3*1H;;/q;;;;+1;-1. The number of nitrogens with two attached hydrogens (primary N) is 1. The third-order valence-electron chi connectivity index (χ3n) is 2.36. The van der Waals surface area contributed by atoms with Crippen molar-refractivity contribution in [3.8, 4) is 0 Å². The van der Waals surface area contributed by atoms with Gasteiger partial charge < -0.3 is 7.16 Å². The Morgan fingerprint density at radius 2 is 1.46 bits per heavy atom. The summed E-state index contributed by atoms with van der Waals surface area (Å²) in [4.78, 5) is 0. The van der Waals surface area contributed by atoms with Crippen molar-refractivity contribution in [2.45, 2.75) is 44.4 Å². The van der Waals surface area contributed by atoms with Crippen molar-refractivity contribution in [2.75, 3.05) is 0 Å². The van der Waals surface area contributed by atoms with E-state index in [1.165, 1.54) is 32.1 Å². The van der Waals surface area contributed by atoms with Gasteiger partial charge in [-0.25, -0.2) is 0 Å². The molecule has 0 amide bonds. The summed E-state index contributed by atoms with van der Waals surface area (Å²) in [6.07, 6.45) is 6.42. The van der Waals surface area contributed by atoms with E-state index >= 15 is 0 Å². The van der Waals surface area contributed by atoms with Crippen LogP contribution in [0.5, 0.6) is 0 Å². The van der Waals surface area contributed by atoms with Crippen LogP contribution in [-0.2, 0) is 0 Å². The second kappa shape index (κ2) is 11.5. The van der Waals surface area contributed by atoms with Crippen molar-refractivity contribution in [2.24, 2.45) is 5.73 Å². The topological polar surface area (TPSA) is 26.0 Å². The monoisotopic (exact) mass is 224 g/mol. The summed E-state index contributed by atoms with van der Waals surface area (Å²) in [7, 11) is 2.16. The third-order valence-corrected chi connectivity index (χ3v) is 2.36. The molecule has 0 atom stereocenters. The average Bonchev–Trinajstić information content (AvgIpc) is 1.90. The summed E-state index contributed by atoms with van der Waals surface area (Å²) in [6.45, 7) is 2.07. The maximum absolute atomic E-state index is 6.00. The Balaban J connectivity index is -0.0000000540. The first-order valence-corrected chi connectivity index (χ1v) is 3.86. The van der Waals surface area contributed by atoms with E-state index in [0.29, 0.717) is 0 Å². The van der Waals surface area contributed by atoms with Crippen LogP contribution < -0.4 is 57.1 Å². The molecule has 0 aromatic rings. The zero-order valence-corrected chi connectivity index (χ0v) is 11.5. The van der Waals surface area contributed by atoms with Gasteiger partial charge in [-0.05, 0) is 18.3 Å². The average molecular weight is 224 g/mol. The Bertz CT molecular complexity index is 107. The Hall–Kier alpha value is 1.45. The fraction of sp³-hybridized carbons (Fsp3) is 1.00. The smallest absolute Gasteiger partial charge is 1.00 e. The SMILES string of the molecule is C[B]C1(N)CCCCC1.F.F.F.[H-].[K+]. The maximum atomic E-state index is 6.00. The van der Waals surface area contributed by atoms with E-state index in [9.17, 15) is 0 Å². The Kier molecular flexibility index (Phi) is 21.2. The van der Waals surface area contributed by atoms with E-state index in [-0.39, 0.29) is 72.4 Å². The van der Waals surface area contributed by atoms with E-state index in [1.54, 1.807) is 0 Å². The van der Waals surface area contributed by atoms with Crippen LogP contribution in [0.2, 0.25) is 6.82 Å². The maximum Gasteiger partial charge on any atom is 1.00 e. The van der Waals surface area contributed by atoms with Gasteiger partial charge in [0.25, 0.3) is 0 Å². The van der Waals surface area contributed by atoms with Crippen LogP contribution in [0.15, 0.2) is 0 Å². The third kappa shape index (κ3) is 8.45. The van der Waals surface area contributed by atoms with Gasteiger partial charge in [-0.1, -0.05) is 26.1 Å². The van der Waals surface area contributed by atoms with Crippen LogP contribution in [0, 0.1) is 0 Å². The second-order valence-corrected chi connectivity index (χ2v) is 3.08. The van der Waals surface area contributed by atoms with Gasteiger partial charge in [0.2, 0.25) is 0 Å². The van der Waals surface area contributed by atoms with Gasteiger partial charge in [-0.15, -0.1) is 0 Å². The van der Waals surface area contributed by atoms with Gasteiger partial charge in [-0.2, -0.15) is 0 Å². The molecule has 1 fully saturated rings. The summed E-state index contributed by atoms with van der Waals surface area (Å²) in [6, 6.07) is 0. The molecule has 0 bridgehead atoms. The molecule has 6 heteroatoms. The molecule has 0 saturated heterocycles. The number of rotatable bonds is 1. The van der Waals surface area contributed by atoms with Gasteiger partial charge in [0, 0.05) is 0 Å². The van der Waals surface area contributed by atoms with Crippen molar-refractivity contribution in [1.29, 1.82) is 0 Å². The van der Waals surface area contributed by atoms with Gasteiger partial charge in [0.05, 0.1) is 0 Å². The Morgan fingerprint density at radius 3 is 1.69 bits per heavy atom. The predicted molar refractivity (Wildman–Crippen MR) is 50.2 cm³/mol. The summed E-state index contributed by atoms with van der Waals surface area (Å²) in [5, 5.41) is 0. The summed E-state index contributed by atoms with van der Waals surface area (Å²) >= 11 is 0. The van der Waals surface area contributed by atoms with E-state index in [0.717, 1.165) is 0 Å². The molecule has 13 heavy (non-hydrogen) atoms. The molecule has 2 N–H and O–H groups in total. The number of hydrogen-bond acceptors (Lipinski definition) is 1. The van der Waals surface area contributed by atoms with Crippen molar-refractivity contribution >= 4 is 7.28 Å². The van der Waals surface area contributed by atoms with E-state index in [1.807, 2.05) is 0 Å². The molecule has 0 heterocycles. The molecule has 0 spiro atoms. The zero-order valence-electron chi connectivity index (χ0n) is 9.41. The van der Waals surface area contributed by atoms with Gasteiger partial charge in [-0.3, -0.25) is 14.1 Å². The summed E-state index contributed by atoms with van der Waals surface area (Å²) in [5.41, 5.74) is 6.10. The number of hydrogen-bond donors (Lipinski definition) is 1. The fourth-order valence-corrected chi connectivity index (χ4v) is 1.50. The Labute approximate surface area is 123 Å². The van der Waals surface area contributed by atoms with E-state index in [2.05, 4.69) is 14.1 Å². The molecule has 1 aliphatic rings. The van der Waals surface area contributed by atoms with Crippen molar-refractivity contribution < 1.29 is 66.9 Å². The minimum atomic E-state index is 0. The Morgan fingerprint density at radius 1 is 1.08 bits per heavy atom. The summed E-state index contributed by atoms with van der Waals surface area (Å²) < 4.78 is 0. The van der Waals surface area contributed by atoms with Crippen molar-refractivity contribution in [3.63, 3.8) is 0 Å². The first-order valence-electron chi connectivity index (χ1n) is 3.86. The molecular weight excluding hydrogens is 205 g/mol. The minimum absolute atomic E-state index is 0. The molecule has 1 rings (SSSR count). The largest absolute Gasteiger partial charge is 1.00 e. The van der Waals surface area contributed by atoms with Crippen molar-refractivity contribution in [1.82, 2.24) is 0 Å². The summed E-state index contributed by atoms with van der Waals surface area (Å²) in [5.74, 6) is 0. The van der Waals surface area contributed by atoms with Gasteiger partial charge in [0.15, 0.2) is 0 Å². The normalized spacial score (nSPS) is 17.7. The fourth-order valence-electron chi connectivity index (χ4n) is 1.50. The first-order chi connectivity index (χ1) is 4.27. The molecule has 0 aromatic carbocycles. The predicted octanol–water partition coefficient (Wildman–Crippen LogP) is -1.07. The van der Waals surface area contributed by atoms with E-state index in [4.69, 9.17) is 5.73 Å². The minimum Gasteiger partial charge on any atom is -1.00 e. The van der Waals surface area contributed by atoms with Crippen LogP contribution >= 0.6 is 0 Å². The molecule has 0 aliphatic heterocycles. The molecule has 77 valence electrons. The van der Waals surface area contributed by atoms with E-state index < -0.39 is 0 Å². The molecule has 0 unspecified atom stereocenters. The van der Waals surface area contributed by atoms with Gasteiger partial charge >= 0.3 is 51.4 Å². The number of halogens is 3. The van der Waals surface area contributed by atoms with Crippen LogP contribution in [-0.4, -0.2) is 12.7 Å². The molecule has 1 aliphatic carbocycles. The molecule has 1 nitrogen and oxygen atoms in total. The molecule has 0 aromatic heterocycles. The zero-order chi connectivity index (χ0) is 6.74. The van der Waals surface area contributed by atoms with Crippen LogP contribution in [0.4, 0.5) is 14.1 Å². The second-order valence-electron chi connectivity index (χ2n) is 3.08. The van der Waals surface area contributed by atoms with Crippen molar-refractivity contribution in [3.05, 3.63) is 0 Å². The van der Waals surface area contributed by atoms with Gasteiger partial charge in [0.1, 0.15) is 7.28 Å². The van der Waals surface area contributed by atoms with Crippen LogP contribution in [0.1, 0.15) is 33.5 Å². The quantitative estimate of drug-likeness (QED) is 0.564. The van der Waals surface area contributed by atoms with Crippen LogP contribution in [0.3, 0.4) is 0 Å². The molecule has 1 radical (unpaired) electrons. The van der Waals surface area contributed by atoms with Crippen LogP contribution in [0.25, 0.3) is 0 Å². The molecular formula is C7H19BF3KN. The molecule has 1 saturated carbocycles. The first kappa shape index (κ1) is 23.9.